The van der Waals surface area contributed by atoms with Crippen LogP contribution in [-0.2, 0) is 10.2 Å². The molecule has 84 valence electrons. The van der Waals surface area contributed by atoms with Gasteiger partial charge in [-0.15, -0.1) is 0 Å². The molecule has 1 N–H and O–H groups in total. The summed E-state index contributed by atoms with van der Waals surface area (Å²) >= 11 is 5.94. The molecule has 0 amide bonds. The monoisotopic (exact) mass is 240 g/mol. The average molecular weight is 241 g/mol. The molecular formula is C11H9ClO4. The Hall–Kier alpha value is -1.42. The second-order valence-electron chi connectivity index (χ2n) is 4.05. The lowest BCUT2D eigenvalue weighted by Gasteiger charge is -2.13. The van der Waals surface area contributed by atoms with Crippen LogP contribution in [0.2, 0.25) is 5.02 Å². The first-order valence-electron chi connectivity index (χ1n) is 4.97. The number of halogens is 1. The van der Waals surface area contributed by atoms with Crippen LogP contribution in [-0.4, -0.2) is 17.9 Å². The van der Waals surface area contributed by atoms with Crippen LogP contribution in [0.3, 0.4) is 0 Å². The van der Waals surface area contributed by atoms with Crippen molar-refractivity contribution in [2.45, 2.75) is 18.3 Å². The van der Waals surface area contributed by atoms with Crippen molar-refractivity contribution in [2.75, 3.05) is 6.79 Å². The van der Waals surface area contributed by atoms with Gasteiger partial charge in [-0.1, -0.05) is 17.7 Å². The van der Waals surface area contributed by atoms with Gasteiger partial charge >= 0.3 is 5.97 Å². The molecule has 1 fully saturated rings. The van der Waals surface area contributed by atoms with Crippen LogP contribution < -0.4 is 9.47 Å². The van der Waals surface area contributed by atoms with E-state index < -0.39 is 11.4 Å². The summed E-state index contributed by atoms with van der Waals surface area (Å²) in [6.07, 6.45) is 1.28. The standard InChI is InChI=1S/C11H9ClO4/c12-7-2-1-6(8-9(7)16-5-15-8)11(3-4-11)10(13)14/h1-2H,3-5H2,(H,13,14). The van der Waals surface area contributed by atoms with Crippen LogP contribution in [0.4, 0.5) is 0 Å². The second kappa shape index (κ2) is 3.04. The van der Waals surface area contributed by atoms with Crippen LogP contribution in [0, 0.1) is 0 Å². The quantitative estimate of drug-likeness (QED) is 0.861. The van der Waals surface area contributed by atoms with Crippen LogP contribution in [0.15, 0.2) is 12.1 Å². The first-order valence-corrected chi connectivity index (χ1v) is 5.35. The van der Waals surface area contributed by atoms with Crippen molar-refractivity contribution < 1.29 is 19.4 Å². The first kappa shape index (κ1) is 9.78. The van der Waals surface area contributed by atoms with Gasteiger partial charge in [0.1, 0.15) is 0 Å². The van der Waals surface area contributed by atoms with Crippen molar-refractivity contribution in [2.24, 2.45) is 0 Å². The molecule has 4 nitrogen and oxygen atoms in total. The molecule has 16 heavy (non-hydrogen) atoms. The fraction of sp³-hybridized carbons (Fsp3) is 0.364. The van der Waals surface area contributed by atoms with E-state index in [1.807, 2.05) is 0 Å². The van der Waals surface area contributed by atoms with Gasteiger partial charge in [-0.25, -0.2) is 0 Å². The van der Waals surface area contributed by atoms with E-state index >= 15 is 0 Å². The van der Waals surface area contributed by atoms with Gasteiger partial charge in [0.15, 0.2) is 11.5 Å². The summed E-state index contributed by atoms with van der Waals surface area (Å²) in [6, 6.07) is 3.38. The predicted octanol–water partition coefficient (Wildman–Crippen LogP) is 2.18. The van der Waals surface area contributed by atoms with Crippen molar-refractivity contribution in [1.82, 2.24) is 0 Å². The third-order valence-electron chi connectivity index (χ3n) is 3.15. The zero-order valence-electron chi connectivity index (χ0n) is 8.33. The molecule has 0 unspecified atom stereocenters. The van der Waals surface area contributed by atoms with Gasteiger partial charge in [-0.3, -0.25) is 4.79 Å². The van der Waals surface area contributed by atoms with E-state index in [1.54, 1.807) is 12.1 Å². The summed E-state index contributed by atoms with van der Waals surface area (Å²) in [6.45, 7) is 0.0990. The van der Waals surface area contributed by atoms with E-state index in [4.69, 9.17) is 21.1 Å². The van der Waals surface area contributed by atoms with Crippen LogP contribution in [0.25, 0.3) is 0 Å². The van der Waals surface area contributed by atoms with E-state index in [0.29, 0.717) is 34.9 Å². The molecule has 1 aromatic carbocycles. The van der Waals surface area contributed by atoms with E-state index in [9.17, 15) is 9.90 Å². The fourth-order valence-electron chi connectivity index (χ4n) is 2.06. The molecule has 3 rings (SSSR count). The Kier molecular flexibility index (Phi) is 1.86. The minimum Gasteiger partial charge on any atom is -0.481 e. The molecule has 0 radical (unpaired) electrons. The van der Waals surface area contributed by atoms with E-state index in [2.05, 4.69) is 0 Å². The van der Waals surface area contributed by atoms with Gasteiger partial charge in [0.05, 0.1) is 10.4 Å². The number of ether oxygens (including phenoxy) is 2. The van der Waals surface area contributed by atoms with Gasteiger partial charge in [-0.05, 0) is 18.9 Å². The molecule has 1 heterocycles. The predicted molar refractivity (Wildman–Crippen MR) is 56.1 cm³/mol. The maximum atomic E-state index is 11.2. The highest BCUT2D eigenvalue weighted by Crippen LogP contribution is 2.55. The zero-order valence-corrected chi connectivity index (χ0v) is 9.08. The zero-order chi connectivity index (χ0) is 11.3. The lowest BCUT2D eigenvalue weighted by Crippen LogP contribution is -2.20. The topological polar surface area (TPSA) is 55.8 Å². The van der Waals surface area contributed by atoms with E-state index in [1.165, 1.54) is 0 Å². The number of aliphatic carboxylic acids is 1. The molecule has 5 heteroatoms. The molecule has 1 aliphatic carbocycles. The number of carboxylic acid groups (broad SMARTS) is 1. The van der Waals surface area contributed by atoms with Crippen LogP contribution in [0.5, 0.6) is 11.5 Å². The summed E-state index contributed by atoms with van der Waals surface area (Å²) in [7, 11) is 0. The number of fused-ring (bicyclic) bond motifs is 1. The van der Waals surface area contributed by atoms with Crippen molar-refractivity contribution >= 4 is 17.6 Å². The summed E-state index contributed by atoms with van der Waals surface area (Å²) in [5.74, 6) is 0.145. The molecule has 1 aromatic rings. The normalized spacial score (nSPS) is 19.6. The first-order chi connectivity index (χ1) is 7.65. The molecule has 0 saturated heterocycles. The Bertz CT molecular complexity index is 479. The fourth-order valence-corrected chi connectivity index (χ4v) is 2.27. The molecular weight excluding hydrogens is 232 g/mol. The highest BCUT2D eigenvalue weighted by Gasteiger charge is 2.54. The van der Waals surface area contributed by atoms with Gasteiger partial charge in [0.2, 0.25) is 6.79 Å². The van der Waals surface area contributed by atoms with Crippen molar-refractivity contribution in [3.8, 4) is 11.5 Å². The molecule has 1 aliphatic heterocycles. The Morgan fingerprint density at radius 2 is 2.00 bits per heavy atom. The third-order valence-corrected chi connectivity index (χ3v) is 3.44. The summed E-state index contributed by atoms with van der Waals surface area (Å²) in [5, 5.41) is 9.68. The number of benzene rings is 1. The average Bonchev–Trinajstić information content (AvgIpc) is 2.90. The largest absolute Gasteiger partial charge is 0.481 e. The molecule has 0 spiro atoms. The Morgan fingerprint density at radius 3 is 2.62 bits per heavy atom. The summed E-state index contributed by atoms with van der Waals surface area (Å²) < 4.78 is 10.5. The number of rotatable bonds is 2. The minimum atomic E-state index is -0.812. The smallest absolute Gasteiger partial charge is 0.314 e. The Balaban J connectivity index is 2.16. The Labute approximate surface area is 96.7 Å². The second-order valence-corrected chi connectivity index (χ2v) is 4.45. The molecule has 1 saturated carbocycles. The lowest BCUT2D eigenvalue weighted by atomic mass is 9.95. The van der Waals surface area contributed by atoms with Crippen LogP contribution in [0.1, 0.15) is 18.4 Å². The lowest BCUT2D eigenvalue weighted by molar-refractivity contribution is -0.140. The number of carboxylic acids is 1. The van der Waals surface area contributed by atoms with Gasteiger partial charge in [0, 0.05) is 5.56 Å². The summed E-state index contributed by atoms with van der Waals surface area (Å²) in [5.41, 5.74) is -0.112. The number of hydrogen-bond donors (Lipinski definition) is 1. The van der Waals surface area contributed by atoms with Gasteiger partial charge in [0.25, 0.3) is 0 Å². The highest BCUT2D eigenvalue weighted by molar-refractivity contribution is 6.32. The maximum Gasteiger partial charge on any atom is 0.314 e. The molecule has 0 atom stereocenters. The summed E-state index contributed by atoms with van der Waals surface area (Å²) in [4.78, 5) is 11.2. The van der Waals surface area contributed by atoms with Gasteiger partial charge in [-0.2, -0.15) is 0 Å². The van der Waals surface area contributed by atoms with Crippen molar-refractivity contribution in [3.05, 3.63) is 22.7 Å². The van der Waals surface area contributed by atoms with E-state index in [-0.39, 0.29) is 6.79 Å². The highest BCUT2D eigenvalue weighted by atomic mass is 35.5. The minimum absolute atomic E-state index is 0.0990. The van der Waals surface area contributed by atoms with Gasteiger partial charge < -0.3 is 14.6 Å². The molecule has 2 aliphatic rings. The van der Waals surface area contributed by atoms with Crippen molar-refractivity contribution in [3.63, 3.8) is 0 Å². The SMILES string of the molecule is O=C(O)C1(c2ccc(Cl)c3c2OCO3)CC1. The molecule has 0 bridgehead atoms. The molecule has 0 aromatic heterocycles. The third kappa shape index (κ3) is 1.13. The maximum absolute atomic E-state index is 11.2. The number of carbonyl (C=O) groups is 1. The van der Waals surface area contributed by atoms with Crippen molar-refractivity contribution in [1.29, 1.82) is 0 Å². The van der Waals surface area contributed by atoms with E-state index in [0.717, 1.165) is 0 Å². The number of hydrogen-bond acceptors (Lipinski definition) is 3. The van der Waals surface area contributed by atoms with Crippen LogP contribution >= 0.6 is 11.6 Å². The Morgan fingerprint density at radius 1 is 1.31 bits per heavy atom.